The number of hydrogen-bond acceptors (Lipinski definition) is 1. The van der Waals surface area contributed by atoms with Crippen LogP contribution >= 0.6 is 22.6 Å². The molecular weight excluding hydrogens is 344 g/mol. The summed E-state index contributed by atoms with van der Waals surface area (Å²) in [6, 6.07) is 11.6. The van der Waals surface area contributed by atoms with Gasteiger partial charge in [0.05, 0.1) is 5.69 Å². The first kappa shape index (κ1) is 13.0. The topological polar surface area (TPSA) is 29.1 Å². The predicted octanol–water partition coefficient (Wildman–Crippen LogP) is 3.99. The average Bonchev–Trinajstić information content (AvgIpc) is 2.33. The Morgan fingerprint density at radius 1 is 1.17 bits per heavy atom. The van der Waals surface area contributed by atoms with Crippen molar-refractivity contribution in [2.45, 2.75) is 6.92 Å². The molecule has 2 aromatic rings. The van der Waals surface area contributed by atoms with Gasteiger partial charge in [0.15, 0.2) is 0 Å². The minimum atomic E-state index is -0.312. The van der Waals surface area contributed by atoms with E-state index in [0.717, 1.165) is 5.56 Å². The molecule has 0 saturated carbocycles. The maximum atomic E-state index is 12.9. The van der Waals surface area contributed by atoms with Gasteiger partial charge >= 0.3 is 0 Å². The van der Waals surface area contributed by atoms with E-state index < -0.39 is 0 Å². The van der Waals surface area contributed by atoms with E-state index in [4.69, 9.17) is 0 Å². The van der Waals surface area contributed by atoms with Gasteiger partial charge in [-0.15, -0.1) is 0 Å². The van der Waals surface area contributed by atoms with Gasteiger partial charge in [-0.2, -0.15) is 0 Å². The quantitative estimate of drug-likeness (QED) is 0.811. The van der Waals surface area contributed by atoms with Crippen molar-refractivity contribution in [2.24, 2.45) is 0 Å². The largest absolute Gasteiger partial charge is 0.321 e. The normalized spacial score (nSPS) is 10.2. The molecule has 4 heteroatoms. The molecule has 0 aliphatic rings. The van der Waals surface area contributed by atoms with Crippen LogP contribution < -0.4 is 5.32 Å². The zero-order chi connectivity index (χ0) is 13.1. The number of aryl methyl sites for hydroxylation is 1. The van der Waals surface area contributed by atoms with Gasteiger partial charge in [0.25, 0.3) is 5.91 Å². The van der Waals surface area contributed by atoms with Crippen LogP contribution in [-0.4, -0.2) is 5.91 Å². The number of carbonyl (C=O) groups is 1. The van der Waals surface area contributed by atoms with Crippen molar-refractivity contribution in [3.05, 3.63) is 63.0 Å². The van der Waals surface area contributed by atoms with Crippen molar-refractivity contribution in [1.82, 2.24) is 0 Å². The molecule has 0 bridgehead atoms. The molecule has 0 unspecified atom stereocenters. The minimum absolute atomic E-state index is 0.195. The highest BCUT2D eigenvalue weighted by atomic mass is 127. The Morgan fingerprint density at radius 3 is 2.44 bits per heavy atom. The maximum absolute atomic E-state index is 12.9. The molecule has 0 radical (unpaired) electrons. The first-order chi connectivity index (χ1) is 8.56. The summed E-state index contributed by atoms with van der Waals surface area (Å²) in [5, 5.41) is 2.76. The number of anilines is 1. The molecular formula is C14H11FINO. The molecule has 92 valence electrons. The van der Waals surface area contributed by atoms with E-state index in [-0.39, 0.29) is 11.7 Å². The molecule has 0 saturated heterocycles. The van der Waals surface area contributed by atoms with E-state index >= 15 is 0 Å². The van der Waals surface area contributed by atoms with Gasteiger partial charge in [-0.25, -0.2) is 4.39 Å². The Balaban J connectivity index is 2.18. The van der Waals surface area contributed by atoms with Gasteiger partial charge in [-0.05, 0) is 59.8 Å². The van der Waals surface area contributed by atoms with Crippen molar-refractivity contribution >= 4 is 34.2 Å². The number of hydrogen-bond donors (Lipinski definition) is 1. The Hall–Kier alpha value is -1.43. The second kappa shape index (κ2) is 5.48. The number of nitrogens with one attached hydrogen (secondary N) is 1. The molecule has 0 spiro atoms. The third-order valence-corrected chi connectivity index (χ3v) is 3.39. The lowest BCUT2D eigenvalue weighted by Gasteiger charge is -2.07. The van der Waals surface area contributed by atoms with E-state index in [1.165, 1.54) is 12.1 Å². The summed E-state index contributed by atoms with van der Waals surface area (Å²) in [4.78, 5) is 12.0. The highest BCUT2D eigenvalue weighted by Gasteiger charge is 2.08. The zero-order valence-corrected chi connectivity index (χ0v) is 11.9. The first-order valence-corrected chi connectivity index (χ1v) is 6.47. The van der Waals surface area contributed by atoms with Crippen molar-refractivity contribution in [2.75, 3.05) is 5.32 Å². The number of halogens is 2. The lowest BCUT2D eigenvalue weighted by Crippen LogP contribution is -2.12. The van der Waals surface area contributed by atoms with Gasteiger partial charge in [-0.3, -0.25) is 4.79 Å². The number of rotatable bonds is 2. The van der Waals surface area contributed by atoms with Crippen molar-refractivity contribution < 1.29 is 9.18 Å². The van der Waals surface area contributed by atoms with Crippen LogP contribution in [0, 0.1) is 16.3 Å². The van der Waals surface area contributed by atoms with Crippen LogP contribution in [-0.2, 0) is 0 Å². The lowest BCUT2D eigenvalue weighted by atomic mass is 10.1. The summed E-state index contributed by atoms with van der Waals surface area (Å²) >= 11 is 1.99. The zero-order valence-electron chi connectivity index (χ0n) is 9.71. The summed E-state index contributed by atoms with van der Waals surface area (Å²) in [5.41, 5.74) is 2.30. The fourth-order valence-corrected chi connectivity index (χ4v) is 2.10. The van der Waals surface area contributed by atoms with Crippen LogP contribution in [0.25, 0.3) is 0 Å². The highest BCUT2D eigenvalue weighted by molar-refractivity contribution is 14.1. The second-order valence-electron chi connectivity index (χ2n) is 3.94. The van der Waals surface area contributed by atoms with Crippen LogP contribution in [0.1, 0.15) is 15.9 Å². The number of amides is 1. The molecule has 1 N–H and O–H groups in total. The molecule has 2 nitrogen and oxygen atoms in total. The number of carbonyl (C=O) groups excluding carboxylic acids is 1. The Kier molecular flexibility index (Phi) is 3.96. The molecule has 2 rings (SSSR count). The summed E-state index contributed by atoms with van der Waals surface area (Å²) in [6.45, 7) is 1.96. The molecule has 0 aliphatic heterocycles. The molecule has 1 amide bonds. The standard InChI is InChI=1S/C14H11FINO/c1-9-2-4-10(5-3-9)14(18)17-13-7-6-11(15)8-12(13)16/h2-8H,1H3,(H,17,18). The molecule has 0 aliphatic carbocycles. The maximum Gasteiger partial charge on any atom is 0.255 e. The SMILES string of the molecule is Cc1ccc(C(=O)Nc2ccc(F)cc2I)cc1. The van der Waals surface area contributed by atoms with E-state index in [2.05, 4.69) is 5.32 Å². The van der Waals surface area contributed by atoms with Crippen molar-refractivity contribution in [1.29, 1.82) is 0 Å². The van der Waals surface area contributed by atoms with E-state index in [1.807, 2.05) is 41.6 Å². The molecule has 0 heterocycles. The Morgan fingerprint density at radius 2 is 1.83 bits per heavy atom. The summed E-state index contributed by atoms with van der Waals surface area (Å²) in [6.07, 6.45) is 0. The van der Waals surface area contributed by atoms with Crippen LogP contribution in [0.3, 0.4) is 0 Å². The van der Waals surface area contributed by atoms with Gasteiger partial charge in [0, 0.05) is 9.13 Å². The molecule has 0 fully saturated rings. The second-order valence-corrected chi connectivity index (χ2v) is 5.11. The lowest BCUT2D eigenvalue weighted by molar-refractivity contribution is 0.102. The smallest absolute Gasteiger partial charge is 0.255 e. The van der Waals surface area contributed by atoms with Crippen LogP contribution in [0.4, 0.5) is 10.1 Å². The van der Waals surface area contributed by atoms with Gasteiger partial charge < -0.3 is 5.32 Å². The van der Waals surface area contributed by atoms with Gasteiger partial charge in [0.1, 0.15) is 5.82 Å². The molecule has 0 aromatic heterocycles. The minimum Gasteiger partial charge on any atom is -0.321 e. The fourth-order valence-electron chi connectivity index (χ4n) is 1.49. The van der Waals surface area contributed by atoms with Crippen LogP contribution in [0.5, 0.6) is 0 Å². The third kappa shape index (κ3) is 3.07. The molecule has 2 aromatic carbocycles. The van der Waals surface area contributed by atoms with Gasteiger partial charge in [0.2, 0.25) is 0 Å². The Bertz CT molecular complexity index is 581. The van der Waals surface area contributed by atoms with E-state index in [0.29, 0.717) is 14.8 Å². The number of benzene rings is 2. The van der Waals surface area contributed by atoms with E-state index in [1.54, 1.807) is 18.2 Å². The first-order valence-electron chi connectivity index (χ1n) is 5.39. The van der Waals surface area contributed by atoms with Crippen molar-refractivity contribution in [3.8, 4) is 0 Å². The monoisotopic (exact) mass is 355 g/mol. The fraction of sp³-hybridized carbons (Fsp3) is 0.0714. The molecule has 0 atom stereocenters. The summed E-state index contributed by atoms with van der Waals surface area (Å²) in [5.74, 6) is -0.507. The third-order valence-electron chi connectivity index (χ3n) is 2.49. The summed E-state index contributed by atoms with van der Waals surface area (Å²) in [7, 11) is 0. The average molecular weight is 355 g/mol. The van der Waals surface area contributed by atoms with Gasteiger partial charge in [-0.1, -0.05) is 17.7 Å². The van der Waals surface area contributed by atoms with Crippen LogP contribution in [0.2, 0.25) is 0 Å². The van der Waals surface area contributed by atoms with E-state index in [9.17, 15) is 9.18 Å². The summed E-state index contributed by atoms with van der Waals surface area (Å²) < 4.78 is 13.6. The van der Waals surface area contributed by atoms with Crippen molar-refractivity contribution in [3.63, 3.8) is 0 Å². The Labute approximate surface area is 118 Å². The highest BCUT2D eigenvalue weighted by Crippen LogP contribution is 2.19. The predicted molar refractivity (Wildman–Crippen MR) is 78.2 cm³/mol. The molecule has 18 heavy (non-hydrogen) atoms. The van der Waals surface area contributed by atoms with Crippen LogP contribution in [0.15, 0.2) is 42.5 Å².